The van der Waals surface area contributed by atoms with Crippen molar-refractivity contribution < 1.29 is 8.87 Å². The number of hydrogen-bond donors (Lipinski definition) is 0. The zero-order valence-electron chi connectivity index (χ0n) is 17.1. The van der Waals surface area contributed by atoms with E-state index in [0.717, 1.165) is 42.5 Å². The van der Waals surface area contributed by atoms with E-state index in [-0.39, 0.29) is 11.7 Å². The maximum atomic E-state index is 13.4. The monoisotopic (exact) mass is 367 g/mol. The van der Waals surface area contributed by atoms with Crippen molar-refractivity contribution in [1.82, 2.24) is 0 Å². The standard InChI is InChI=1S/C24H32FN2/c1-5-27(4,18-21-10-7-6-8-11-21)17-9-16-24(19-26,20(2)3)22-12-14-23(25)15-13-22/h6-8,10-15,20H,5,9,16-18H2,1-4H3/q+1. The molecule has 27 heavy (non-hydrogen) atoms. The van der Waals surface area contributed by atoms with Crippen LogP contribution in [0.15, 0.2) is 54.6 Å². The summed E-state index contributed by atoms with van der Waals surface area (Å²) in [6.45, 7) is 9.46. The summed E-state index contributed by atoms with van der Waals surface area (Å²) in [4.78, 5) is 0. The summed E-state index contributed by atoms with van der Waals surface area (Å²) in [6, 6.07) is 19.6. The van der Waals surface area contributed by atoms with Gasteiger partial charge >= 0.3 is 0 Å². The number of halogens is 1. The van der Waals surface area contributed by atoms with Crippen molar-refractivity contribution in [1.29, 1.82) is 5.26 Å². The van der Waals surface area contributed by atoms with Gasteiger partial charge in [0.15, 0.2) is 0 Å². The molecule has 0 bridgehead atoms. The van der Waals surface area contributed by atoms with Crippen LogP contribution in [0.5, 0.6) is 0 Å². The van der Waals surface area contributed by atoms with Crippen LogP contribution in [0.2, 0.25) is 0 Å². The molecule has 0 radical (unpaired) electrons. The fourth-order valence-electron chi connectivity index (χ4n) is 3.88. The van der Waals surface area contributed by atoms with E-state index in [1.54, 1.807) is 12.1 Å². The zero-order chi connectivity index (χ0) is 19.9. The molecule has 0 saturated heterocycles. The summed E-state index contributed by atoms with van der Waals surface area (Å²) in [6.07, 6.45) is 1.75. The lowest BCUT2D eigenvalue weighted by molar-refractivity contribution is -0.921. The maximum absolute atomic E-state index is 13.4. The highest BCUT2D eigenvalue weighted by atomic mass is 19.1. The van der Waals surface area contributed by atoms with Crippen LogP contribution in [0.3, 0.4) is 0 Å². The van der Waals surface area contributed by atoms with Gasteiger partial charge in [-0.25, -0.2) is 4.39 Å². The molecule has 144 valence electrons. The Bertz CT molecular complexity index is 748. The number of hydrogen-bond acceptors (Lipinski definition) is 1. The highest BCUT2D eigenvalue weighted by Gasteiger charge is 2.36. The van der Waals surface area contributed by atoms with Gasteiger partial charge in [-0.1, -0.05) is 56.3 Å². The Hall–Kier alpha value is -2.18. The van der Waals surface area contributed by atoms with Gasteiger partial charge in [-0.3, -0.25) is 0 Å². The number of nitriles is 1. The van der Waals surface area contributed by atoms with E-state index in [9.17, 15) is 9.65 Å². The molecular formula is C24H32FN2+. The third-order valence-electron chi connectivity index (χ3n) is 5.98. The molecule has 0 aliphatic heterocycles. The van der Waals surface area contributed by atoms with Gasteiger partial charge in [0.05, 0.1) is 31.6 Å². The van der Waals surface area contributed by atoms with Crippen LogP contribution < -0.4 is 0 Å². The quantitative estimate of drug-likeness (QED) is 0.522. The third-order valence-corrected chi connectivity index (χ3v) is 5.98. The average molecular weight is 368 g/mol. The van der Waals surface area contributed by atoms with Gasteiger partial charge in [-0.05, 0) is 43.4 Å². The molecule has 0 heterocycles. The summed E-state index contributed by atoms with van der Waals surface area (Å²) in [5, 5.41) is 10.0. The Morgan fingerprint density at radius 2 is 1.70 bits per heavy atom. The van der Waals surface area contributed by atoms with Crippen LogP contribution in [0, 0.1) is 23.1 Å². The molecule has 2 aromatic rings. The third kappa shape index (κ3) is 5.17. The molecular weight excluding hydrogens is 335 g/mol. The number of nitrogens with zero attached hydrogens (tertiary/aromatic N) is 2. The Labute approximate surface area is 163 Å². The van der Waals surface area contributed by atoms with Crippen LogP contribution in [0.4, 0.5) is 4.39 Å². The molecule has 0 spiro atoms. The smallest absolute Gasteiger partial charge is 0.123 e. The Morgan fingerprint density at radius 3 is 2.22 bits per heavy atom. The van der Waals surface area contributed by atoms with Crippen molar-refractivity contribution in [3.63, 3.8) is 0 Å². The van der Waals surface area contributed by atoms with Crippen molar-refractivity contribution in [2.24, 2.45) is 5.92 Å². The molecule has 0 fully saturated rings. The van der Waals surface area contributed by atoms with Crippen LogP contribution in [0.25, 0.3) is 0 Å². The maximum Gasteiger partial charge on any atom is 0.123 e. The Balaban J connectivity index is 2.12. The fraction of sp³-hybridized carbons (Fsp3) is 0.458. The van der Waals surface area contributed by atoms with Crippen molar-refractivity contribution in [3.05, 3.63) is 71.5 Å². The molecule has 0 N–H and O–H groups in total. The number of quaternary nitrogens is 1. The summed E-state index contributed by atoms with van der Waals surface area (Å²) >= 11 is 0. The van der Waals surface area contributed by atoms with E-state index in [4.69, 9.17) is 0 Å². The van der Waals surface area contributed by atoms with Crippen LogP contribution in [-0.2, 0) is 12.0 Å². The minimum Gasteiger partial charge on any atom is -0.323 e. The second kappa shape index (κ2) is 9.15. The second-order valence-electron chi connectivity index (χ2n) is 8.15. The predicted molar refractivity (Wildman–Crippen MR) is 110 cm³/mol. The Kier molecular flexibility index (Phi) is 7.16. The molecule has 3 heteroatoms. The van der Waals surface area contributed by atoms with E-state index < -0.39 is 5.41 Å². The topological polar surface area (TPSA) is 23.8 Å². The highest BCUT2D eigenvalue weighted by Crippen LogP contribution is 2.37. The van der Waals surface area contributed by atoms with Crippen molar-refractivity contribution in [3.8, 4) is 6.07 Å². The molecule has 2 unspecified atom stereocenters. The molecule has 2 nitrogen and oxygen atoms in total. The molecule has 2 aromatic carbocycles. The second-order valence-corrected chi connectivity index (χ2v) is 8.15. The lowest BCUT2D eigenvalue weighted by atomic mass is 9.70. The SMILES string of the molecule is CC[N+](C)(CCCC(C#N)(c1ccc(F)cc1)C(C)C)Cc1ccccc1. The molecule has 2 atom stereocenters. The molecule has 0 aromatic heterocycles. The molecule has 0 aliphatic carbocycles. The van der Waals surface area contributed by atoms with Gasteiger partial charge in [0, 0.05) is 5.56 Å². The highest BCUT2D eigenvalue weighted by molar-refractivity contribution is 5.33. The van der Waals surface area contributed by atoms with Crippen molar-refractivity contribution in [2.75, 3.05) is 20.1 Å². The average Bonchev–Trinajstić information content (AvgIpc) is 2.67. The molecule has 2 rings (SSSR count). The molecule has 0 aliphatic rings. The largest absolute Gasteiger partial charge is 0.323 e. The number of rotatable bonds is 9. The zero-order valence-corrected chi connectivity index (χ0v) is 17.1. The lowest BCUT2D eigenvalue weighted by Gasteiger charge is -2.36. The van der Waals surface area contributed by atoms with Gasteiger partial charge in [-0.2, -0.15) is 5.26 Å². The van der Waals surface area contributed by atoms with Gasteiger partial charge in [-0.15, -0.1) is 0 Å². The van der Waals surface area contributed by atoms with E-state index >= 15 is 0 Å². The van der Waals surface area contributed by atoms with Gasteiger partial charge in [0.25, 0.3) is 0 Å². The lowest BCUT2D eigenvalue weighted by Crippen LogP contribution is -2.44. The first-order chi connectivity index (χ1) is 12.8. The summed E-state index contributed by atoms with van der Waals surface area (Å²) < 4.78 is 14.3. The van der Waals surface area contributed by atoms with Gasteiger partial charge in [0.2, 0.25) is 0 Å². The van der Waals surface area contributed by atoms with Crippen molar-refractivity contribution >= 4 is 0 Å². The van der Waals surface area contributed by atoms with Gasteiger partial charge in [0.1, 0.15) is 12.4 Å². The first-order valence-electron chi connectivity index (χ1n) is 9.90. The summed E-state index contributed by atoms with van der Waals surface area (Å²) in [5.41, 5.74) is 1.70. The van der Waals surface area contributed by atoms with E-state index in [2.05, 4.69) is 58.2 Å². The first-order valence-corrected chi connectivity index (χ1v) is 9.90. The number of benzene rings is 2. The van der Waals surface area contributed by atoms with Crippen LogP contribution in [-0.4, -0.2) is 24.6 Å². The van der Waals surface area contributed by atoms with Crippen LogP contribution >= 0.6 is 0 Å². The predicted octanol–water partition coefficient (Wildman–Crippen LogP) is 5.69. The van der Waals surface area contributed by atoms with E-state index in [1.807, 2.05) is 6.07 Å². The van der Waals surface area contributed by atoms with E-state index in [1.165, 1.54) is 17.7 Å². The van der Waals surface area contributed by atoms with Crippen LogP contribution in [0.1, 0.15) is 44.7 Å². The van der Waals surface area contributed by atoms with Gasteiger partial charge < -0.3 is 4.48 Å². The summed E-state index contributed by atoms with van der Waals surface area (Å²) in [5.74, 6) is -0.0881. The van der Waals surface area contributed by atoms with E-state index in [0.29, 0.717) is 0 Å². The summed E-state index contributed by atoms with van der Waals surface area (Å²) in [7, 11) is 2.29. The normalized spacial score (nSPS) is 15.7. The fourth-order valence-corrected chi connectivity index (χ4v) is 3.88. The Morgan fingerprint density at radius 1 is 1.07 bits per heavy atom. The minimum atomic E-state index is -0.570. The first kappa shape index (κ1) is 21.1. The minimum absolute atomic E-state index is 0.169. The van der Waals surface area contributed by atoms with Crippen molar-refractivity contribution in [2.45, 2.75) is 45.6 Å². The molecule has 0 saturated carbocycles. The molecule has 0 amide bonds.